The molecule has 0 aromatic carbocycles. The van der Waals surface area contributed by atoms with Crippen LogP contribution >= 0.6 is 0 Å². The van der Waals surface area contributed by atoms with E-state index in [2.05, 4.69) is 20.1 Å². The number of aromatic amines is 1. The Morgan fingerprint density at radius 3 is 2.39 bits per heavy atom. The number of ketones is 1. The zero-order chi connectivity index (χ0) is 20.4. The number of methoxy groups -OCH3 is 1. The molecule has 154 valence electrons. The Balaban J connectivity index is 1.57. The van der Waals surface area contributed by atoms with Gasteiger partial charge in [-0.2, -0.15) is 0 Å². The molecular formula is C20H30N4O4. The van der Waals surface area contributed by atoms with Gasteiger partial charge in [0.15, 0.2) is 5.78 Å². The largest absolute Gasteiger partial charge is 0.465 e. The second kappa shape index (κ2) is 8.45. The lowest BCUT2D eigenvalue weighted by atomic mass is 10.0. The van der Waals surface area contributed by atoms with Gasteiger partial charge in [-0.15, -0.1) is 0 Å². The second-order valence-electron chi connectivity index (χ2n) is 7.81. The molecule has 1 aromatic rings. The number of Topliss-reactive ketones (excluding diaryl/α,β-unsaturated/α-hetero) is 1. The van der Waals surface area contributed by atoms with Crippen LogP contribution < -0.4 is 5.32 Å². The molecule has 8 heteroatoms. The summed E-state index contributed by atoms with van der Waals surface area (Å²) >= 11 is 0. The Labute approximate surface area is 165 Å². The van der Waals surface area contributed by atoms with Gasteiger partial charge in [0.1, 0.15) is 0 Å². The van der Waals surface area contributed by atoms with E-state index in [0.717, 1.165) is 39.0 Å². The standard InChI is InChI=1S/C20H30N4O4/c1-12-17(20(27)28-4)13(2)21-18(12)19(26)14(3)24-9-7-23(8-10-24)11-16(25)22-15-5-6-15/h14-15,21H,5-11H2,1-4H3,(H,22,25). The summed E-state index contributed by atoms with van der Waals surface area (Å²) in [4.78, 5) is 44.3. The molecule has 1 unspecified atom stereocenters. The van der Waals surface area contributed by atoms with Crippen LogP contribution in [0.3, 0.4) is 0 Å². The molecule has 1 saturated heterocycles. The van der Waals surface area contributed by atoms with Crippen LogP contribution in [0.15, 0.2) is 0 Å². The summed E-state index contributed by atoms with van der Waals surface area (Å²) in [6.07, 6.45) is 2.18. The van der Waals surface area contributed by atoms with Gasteiger partial charge in [-0.05, 0) is 39.2 Å². The van der Waals surface area contributed by atoms with Crippen molar-refractivity contribution in [2.45, 2.75) is 45.7 Å². The lowest BCUT2D eigenvalue weighted by molar-refractivity contribution is -0.122. The first-order valence-electron chi connectivity index (χ1n) is 9.89. The number of nitrogens with one attached hydrogen (secondary N) is 2. The first-order valence-corrected chi connectivity index (χ1v) is 9.89. The monoisotopic (exact) mass is 390 g/mol. The number of amides is 1. The quantitative estimate of drug-likeness (QED) is 0.530. The molecule has 0 bridgehead atoms. The average molecular weight is 390 g/mol. The van der Waals surface area contributed by atoms with E-state index in [0.29, 0.717) is 35.1 Å². The molecule has 28 heavy (non-hydrogen) atoms. The maximum absolute atomic E-state index is 13.0. The highest BCUT2D eigenvalue weighted by atomic mass is 16.5. The first-order chi connectivity index (χ1) is 13.3. The number of hydrogen-bond donors (Lipinski definition) is 2. The second-order valence-corrected chi connectivity index (χ2v) is 7.81. The Kier molecular flexibility index (Phi) is 6.20. The topological polar surface area (TPSA) is 94.7 Å². The maximum Gasteiger partial charge on any atom is 0.339 e. The van der Waals surface area contributed by atoms with E-state index in [1.165, 1.54) is 7.11 Å². The van der Waals surface area contributed by atoms with E-state index in [4.69, 9.17) is 4.74 Å². The fraction of sp³-hybridized carbons (Fsp3) is 0.650. The average Bonchev–Trinajstić information content (AvgIpc) is 3.43. The van der Waals surface area contributed by atoms with Gasteiger partial charge in [0, 0.05) is 37.9 Å². The lowest BCUT2D eigenvalue weighted by Gasteiger charge is -2.37. The summed E-state index contributed by atoms with van der Waals surface area (Å²) in [5.41, 5.74) is 2.18. The molecule has 2 heterocycles. The molecule has 2 fully saturated rings. The molecule has 1 atom stereocenters. The highest BCUT2D eigenvalue weighted by Crippen LogP contribution is 2.22. The van der Waals surface area contributed by atoms with Crippen molar-refractivity contribution in [3.63, 3.8) is 0 Å². The normalized spacial score (nSPS) is 19.3. The Hall–Kier alpha value is -2.19. The van der Waals surface area contributed by atoms with Gasteiger partial charge in [-0.3, -0.25) is 19.4 Å². The Bertz CT molecular complexity index is 761. The first kappa shape index (κ1) is 20.5. The van der Waals surface area contributed by atoms with E-state index in [1.807, 2.05) is 6.92 Å². The van der Waals surface area contributed by atoms with Crippen LogP contribution in [-0.4, -0.2) is 84.4 Å². The van der Waals surface area contributed by atoms with Crippen molar-refractivity contribution >= 4 is 17.7 Å². The molecular weight excluding hydrogens is 360 g/mol. The number of aryl methyl sites for hydroxylation is 1. The molecule has 1 aliphatic carbocycles. The number of hydrogen-bond acceptors (Lipinski definition) is 6. The van der Waals surface area contributed by atoms with Gasteiger partial charge < -0.3 is 15.0 Å². The third-order valence-corrected chi connectivity index (χ3v) is 5.72. The fourth-order valence-electron chi connectivity index (χ4n) is 3.79. The van der Waals surface area contributed by atoms with Crippen LogP contribution in [-0.2, 0) is 9.53 Å². The summed E-state index contributed by atoms with van der Waals surface area (Å²) in [5.74, 6) is -0.375. The fourth-order valence-corrected chi connectivity index (χ4v) is 3.79. The molecule has 0 spiro atoms. The van der Waals surface area contributed by atoms with Crippen molar-refractivity contribution in [1.82, 2.24) is 20.1 Å². The minimum atomic E-state index is -0.434. The summed E-state index contributed by atoms with van der Waals surface area (Å²) in [6, 6.07) is 0.0819. The summed E-state index contributed by atoms with van der Waals surface area (Å²) < 4.78 is 4.82. The predicted octanol–water partition coefficient (Wildman–Crippen LogP) is 0.886. The highest BCUT2D eigenvalue weighted by Gasteiger charge is 2.31. The van der Waals surface area contributed by atoms with Gasteiger partial charge in [0.05, 0.1) is 31.0 Å². The smallest absolute Gasteiger partial charge is 0.339 e. The van der Waals surface area contributed by atoms with Crippen molar-refractivity contribution in [3.8, 4) is 0 Å². The number of aromatic nitrogens is 1. The summed E-state index contributed by atoms with van der Waals surface area (Å²) in [6.45, 7) is 8.82. The van der Waals surface area contributed by atoms with Crippen LogP contribution in [0, 0.1) is 13.8 Å². The molecule has 1 aromatic heterocycles. The number of esters is 1. The van der Waals surface area contributed by atoms with Gasteiger partial charge in [0.25, 0.3) is 0 Å². The van der Waals surface area contributed by atoms with Crippen LogP contribution in [0.2, 0.25) is 0 Å². The number of H-pyrrole nitrogens is 1. The van der Waals surface area contributed by atoms with E-state index in [-0.39, 0.29) is 17.7 Å². The van der Waals surface area contributed by atoms with E-state index in [9.17, 15) is 14.4 Å². The van der Waals surface area contributed by atoms with Crippen molar-refractivity contribution < 1.29 is 19.1 Å². The number of nitrogens with zero attached hydrogens (tertiary/aromatic N) is 2. The van der Waals surface area contributed by atoms with Crippen LogP contribution in [0.25, 0.3) is 0 Å². The van der Waals surface area contributed by atoms with Crippen LogP contribution in [0.1, 0.15) is 51.9 Å². The van der Waals surface area contributed by atoms with Gasteiger partial charge >= 0.3 is 5.97 Å². The molecule has 2 N–H and O–H groups in total. The zero-order valence-corrected chi connectivity index (χ0v) is 17.1. The summed E-state index contributed by atoms with van der Waals surface area (Å²) in [7, 11) is 1.34. The highest BCUT2D eigenvalue weighted by molar-refractivity contribution is 6.03. The number of piperazine rings is 1. The third-order valence-electron chi connectivity index (χ3n) is 5.72. The lowest BCUT2D eigenvalue weighted by Crippen LogP contribution is -2.53. The molecule has 8 nitrogen and oxygen atoms in total. The van der Waals surface area contributed by atoms with Gasteiger partial charge in [0.2, 0.25) is 5.91 Å². The minimum Gasteiger partial charge on any atom is -0.465 e. The van der Waals surface area contributed by atoms with E-state index >= 15 is 0 Å². The molecule has 1 aliphatic heterocycles. The molecule has 1 amide bonds. The van der Waals surface area contributed by atoms with Crippen molar-refractivity contribution in [2.75, 3.05) is 39.8 Å². The van der Waals surface area contributed by atoms with E-state index in [1.54, 1.807) is 13.8 Å². The molecule has 0 radical (unpaired) electrons. The number of carbonyl (C=O) groups is 3. The molecule has 3 rings (SSSR count). The van der Waals surface area contributed by atoms with Crippen LogP contribution in [0.4, 0.5) is 0 Å². The Morgan fingerprint density at radius 2 is 1.82 bits per heavy atom. The maximum atomic E-state index is 13.0. The number of carbonyl (C=O) groups excluding carboxylic acids is 3. The van der Waals surface area contributed by atoms with Crippen molar-refractivity contribution in [2.24, 2.45) is 0 Å². The van der Waals surface area contributed by atoms with Crippen molar-refractivity contribution in [1.29, 1.82) is 0 Å². The SMILES string of the molecule is COC(=O)c1c(C)[nH]c(C(=O)C(C)N2CCN(CC(=O)NC3CC3)CC2)c1C. The summed E-state index contributed by atoms with van der Waals surface area (Å²) in [5, 5.41) is 3.01. The van der Waals surface area contributed by atoms with Crippen molar-refractivity contribution in [3.05, 3.63) is 22.5 Å². The molecule has 2 aliphatic rings. The molecule has 1 saturated carbocycles. The third kappa shape index (κ3) is 4.44. The zero-order valence-electron chi connectivity index (χ0n) is 17.1. The van der Waals surface area contributed by atoms with Gasteiger partial charge in [-0.25, -0.2) is 4.79 Å². The number of rotatable bonds is 7. The Morgan fingerprint density at radius 1 is 1.18 bits per heavy atom. The van der Waals surface area contributed by atoms with E-state index < -0.39 is 5.97 Å². The number of ether oxygens (including phenoxy) is 1. The minimum absolute atomic E-state index is 0.0318. The predicted molar refractivity (Wildman–Crippen MR) is 105 cm³/mol. The van der Waals surface area contributed by atoms with Gasteiger partial charge in [-0.1, -0.05) is 0 Å². The van der Waals surface area contributed by atoms with Crippen LogP contribution in [0.5, 0.6) is 0 Å².